The summed E-state index contributed by atoms with van der Waals surface area (Å²) in [6.45, 7) is 0. The highest BCUT2D eigenvalue weighted by molar-refractivity contribution is 7.80. The van der Waals surface area contributed by atoms with Crippen molar-refractivity contribution in [1.82, 2.24) is 5.43 Å². The average molecular weight is 462 g/mol. The Morgan fingerprint density at radius 3 is 2.57 bits per heavy atom. The van der Waals surface area contributed by atoms with Crippen LogP contribution in [0.5, 0.6) is 5.75 Å². The fourth-order valence-electron chi connectivity index (χ4n) is 2.33. The summed E-state index contributed by atoms with van der Waals surface area (Å²) >= 11 is 17.0. The van der Waals surface area contributed by atoms with E-state index in [4.69, 9.17) is 40.2 Å². The molecule has 0 fully saturated rings. The van der Waals surface area contributed by atoms with Gasteiger partial charge >= 0.3 is 5.97 Å². The molecule has 0 amide bonds. The van der Waals surface area contributed by atoms with Gasteiger partial charge in [-0.1, -0.05) is 35.3 Å². The van der Waals surface area contributed by atoms with Crippen molar-refractivity contribution in [2.24, 2.45) is 5.10 Å². The summed E-state index contributed by atoms with van der Waals surface area (Å²) in [6.07, 6.45) is 1.51. The molecule has 0 atom stereocenters. The van der Waals surface area contributed by atoms with E-state index in [1.54, 1.807) is 42.5 Å². The fraction of sp³-hybridized carbons (Fsp3) is 0. The second kappa shape index (κ2) is 10.2. The van der Waals surface area contributed by atoms with Gasteiger partial charge in [0.25, 0.3) is 0 Å². The third-order valence-electron chi connectivity index (χ3n) is 3.70. The Bertz CT molecular complexity index is 1110. The smallest absolute Gasteiger partial charge is 0.345 e. The molecule has 0 heterocycles. The molecule has 0 bridgehead atoms. The molecule has 152 valence electrons. The number of rotatable bonds is 5. The van der Waals surface area contributed by atoms with Gasteiger partial charge in [0, 0.05) is 10.7 Å². The predicted octanol–water partition coefficient (Wildman–Crippen LogP) is 5.67. The Hall–Kier alpha value is -3.00. The molecule has 0 aliphatic carbocycles. The summed E-state index contributed by atoms with van der Waals surface area (Å²) in [7, 11) is 0. The van der Waals surface area contributed by atoms with Gasteiger partial charge < -0.3 is 10.1 Å². The SMILES string of the molecule is O=C(Oc1cccc(/C=N/NC(=S)Nc2ccc(F)cc2)c1)c1ccc(Cl)cc1Cl. The van der Waals surface area contributed by atoms with Crippen molar-refractivity contribution >= 4 is 58.4 Å². The Morgan fingerprint density at radius 1 is 1.07 bits per heavy atom. The lowest BCUT2D eigenvalue weighted by Gasteiger charge is -2.07. The Morgan fingerprint density at radius 2 is 1.83 bits per heavy atom. The van der Waals surface area contributed by atoms with Crippen LogP contribution in [0.3, 0.4) is 0 Å². The van der Waals surface area contributed by atoms with Gasteiger partial charge in [-0.25, -0.2) is 9.18 Å². The average Bonchev–Trinajstić information content (AvgIpc) is 2.70. The Labute approximate surface area is 187 Å². The lowest BCUT2D eigenvalue weighted by molar-refractivity contribution is 0.0735. The van der Waals surface area contributed by atoms with Gasteiger partial charge in [0.05, 0.1) is 16.8 Å². The van der Waals surface area contributed by atoms with Crippen LogP contribution in [0.15, 0.2) is 71.8 Å². The van der Waals surface area contributed by atoms with Gasteiger partial charge in [-0.05, 0) is 72.4 Å². The molecule has 3 aromatic carbocycles. The van der Waals surface area contributed by atoms with E-state index in [0.29, 0.717) is 22.0 Å². The van der Waals surface area contributed by atoms with Crippen LogP contribution in [0.2, 0.25) is 10.0 Å². The minimum absolute atomic E-state index is 0.205. The van der Waals surface area contributed by atoms with Gasteiger partial charge in [0.15, 0.2) is 5.11 Å². The van der Waals surface area contributed by atoms with Crippen molar-refractivity contribution in [2.75, 3.05) is 5.32 Å². The molecule has 3 aromatic rings. The molecular weight excluding hydrogens is 448 g/mol. The zero-order valence-corrected chi connectivity index (χ0v) is 17.6. The maximum absolute atomic E-state index is 12.9. The van der Waals surface area contributed by atoms with E-state index in [9.17, 15) is 9.18 Å². The minimum atomic E-state index is -0.603. The molecule has 5 nitrogen and oxygen atoms in total. The third kappa shape index (κ3) is 6.25. The Kier molecular flexibility index (Phi) is 7.35. The third-order valence-corrected chi connectivity index (χ3v) is 4.44. The van der Waals surface area contributed by atoms with Crippen LogP contribution >= 0.6 is 35.4 Å². The summed E-state index contributed by atoms with van der Waals surface area (Å²) in [5, 5.41) is 7.76. The van der Waals surface area contributed by atoms with Crippen molar-refractivity contribution in [3.63, 3.8) is 0 Å². The maximum atomic E-state index is 12.9. The molecular formula is C21H14Cl2FN3O2S. The van der Waals surface area contributed by atoms with Crippen LogP contribution in [0.1, 0.15) is 15.9 Å². The van der Waals surface area contributed by atoms with Crippen LogP contribution in [0.4, 0.5) is 10.1 Å². The first-order chi connectivity index (χ1) is 14.4. The predicted molar refractivity (Wildman–Crippen MR) is 121 cm³/mol. The number of carbonyl (C=O) groups excluding carboxylic acids is 1. The molecule has 0 aliphatic rings. The van der Waals surface area contributed by atoms with Crippen LogP contribution in [-0.2, 0) is 0 Å². The second-order valence-electron chi connectivity index (χ2n) is 5.92. The van der Waals surface area contributed by atoms with E-state index >= 15 is 0 Å². The number of halogens is 3. The molecule has 2 N–H and O–H groups in total. The molecule has 0 radical (unpaired) electrons. The van der Waals surface area contributed by atoms with Gasteiger partial charge in [-0.2, -0.15) is 5.10 Å². The number of hydrogen-bond acceptors (Lipinski definition) is 4. The van der Waals surface area contributed by atoms with E-state index in [-0.39, 0.29) is 21.5 Å². The fourth-order valence-corrected chi connectivity index (χ4v) is 2.99. The topological polar surface area (TPSA) is 62.7 Å². The monoisotopic (exact) mass is 461 g/mol. The van der Waals surface area contributed by atoms with Gasteiger partial charge in [-0.3, -0.25) is 5.43 Å². The van der Waals surface area contributed by atoms with E-state index in [1.165, 1.54) is 30.5 Å². The highest BCUT2D eigenvalue weighted by atomic mass is 35.5. The number of carbonyl (C=O) groups is 1. The largest absolute Gasteiger partial charge is 0.423 e. The van der Waals surface area contributed by atoms with E-state index < -0.39 is 5.97 Å². The molecule has 0 saturated heterocycles. The second-order valence-corrected chi connectivity index (χ2v) is 7.17. The number of hydrogen-bond donors (Lipinski definition) is 2. The lowest BCUT2D eigenvalue weighted by Crippen LogP contribution is -2.23. The summed E-state index contributed by atoms with van der Waals surface area (Å²) in [5.41, 5.74) is 4.15. The molecule has 9 heteroatoms. The molecule has 3 rings (SSSR count). The first-order valence-corrected chi connectivity index (χ1v) is 9.70. The zero-order chi connectivity index (χ0) is 21.5. The lowest BCUT2D eigenvalue weighted by atomic mass is 10.2. The Balaban J connectivity index is 1.58. The van der Waals surface area contributed by atoms with Crippen molar-refractivity contribution < 1.29 is 13.9 Å². The summed E-state index contributed by atoms with van der Waals surface area (Å²) in [4.78, 5) is 12.3. The minimum Gasteiger partial charge on any atom is -0.423 e. The molecule has 0 unspecified atom stereocenters. The van der Waals surface area contributed by atoms with E-state index in [1.807, 2.05) is 0 Å². The summed E-state index contributed by atoms with van der Waals surface area (Å²) in [6, 6.07) is 17.0. The van der Waals surface area contributed by atoms with Gasteiger partial charge in [0.2, 0.25) is 0 Å². The zero-order valence-electron chi connectivity index (χ0n) is 15.2. The maximum Gasteiger partial charge on any atom is 0.345 e. The van der Waals surface area contributed by atoms with Crippen LogP contribution in [-0.4, -0.2) is 17.3 Å². The number of nitrogens with one attached hydrogen (secondary N) is 2. The highest BCUT2D eigenvalue weighted by Gasteiger charge is 2.13. The van der Waals surface area contributed by atoms with Crippen LogP contribution < -0.4 is 15.5 Å². The van der Waals surface area contributed by atoms with Crippen molar-refractivity contribution in [3.8, 4) is 5.75 Å². The van der Waals surface area contributed by atoms with Crippen molar-refractivity contribution in [2.45, 2.75) is 0 Å². The molecule has 0 saturated carbocycles. The first-order valence-electron chi connectivity index (χ1n) is 8.53. The van der Waals surface area contributed by atoms with Crippen molar-refractivity contribution in [1.29, 1.82) is 0 Å². The molecule has 0 aliphatic heterocycles. The van der Waals surface area contributed by atoms with Gasteiger partial charge in [0.1, 0.15) is 11.6 Å². The van der Waals surface area contributed by atoms with Crippen LogP contribution in [0.25, 0.3) is 0 Å². The number of esters is 1. The number of thiocarbonyl (C=S) groups is 1. The number of nitrogens with zero attached hydrogens (tertiary/aromatic N) is 1. The van der Waals surface area contributed by atoms with E-state index in [2.05, 4.69) is 15.8 Å². The molecule has 0 aromatic heterocycles. The normalized spacial score (nSPS) is 10.6. The van der Waals surface area contributed by atoms with Gasteiger partial charge in [-0.15, -0.1) is 0 Å². The number of hydrazone groups is 1. The molecule has 0 spiro atoms. The summed E-state index contributed by atoms with van der Waals surface area (Å²) in [5.74, 6) is -0.619. The molecule has 30 heavy (non-hydrogen) atoms. The highest BCUT2D eigenvalue weighted by Crippen LogP contribution is 2.23. The van der Waals surface area contributed by atoms with Crippen molar-refractivity contribution in [3.05, 3.63) is 93.7 Å². The quantitative estimate of drug-likeness (QED) is 0.168. The van der Waals surface area contributed by atoms with E-state index in [0.717, 1.165) is 0 Å². The standard InChI is InChI=1S/C21H14Cl2FN3O2S/c22-14-4-9-18(19(23)11-14)20(28)29-17-3-1-2-13(10-17)12-25-27-21(30)26-16-7-5-15(24)6-8-16/h1-12H,(H2,26,27,30)/b25-12+. The number of anilines is 1. The number of ether oxygens (including phenoxy) is 1. The van der Waals surface area contributed by atoms with Crippen LogP contribution in [0, 0.1) is 5.82 Å². The summed E-state index contributed by atoms with van der Waals surface area (Å²) < 4.78 is 18.3. The number of benzene rings is 3. The first kappa shape index (κ1) is 21.7.